The molecule has 1 nitrogen and oxygen atoms in total. The molecule has 0 amide bonds. The number of rotatable bonds is 6. The van der Waals surface area contributed by atoms with Gasteiger partial charge in [0.2, 0.25) is 5.69 Å². The Kier molecular flexibility index (Phi) is 7.48. The van der Waals surface area contributed by atoms with Gasteiger partial charge >= 0.3 is 0 Å². The van der Waals surface area contributed by atoms with Crippen LogP contribution >= 0.6 is 7.92 Å². The van der Waals surface area contributed by atoms with Gasteiger partial charge in [-0.25, -0.2) is 0 Å². The van der Waals surface area contributed by atoms with Crippen LogP contribution in [0, 0.1) is 10.8 Å². The first kappa shape index (κ1) is 26.4. The van der Waals surface area contributed by atoms with E-state index < -0.39 is 7.92 Å². The molecule has 2 aliphatic rings. The van der Waals surface area contributed by atoms with Crippen molar-refractivity contribution in [1.82, 2.24) is 0 Å². The quantitative estimate of drug-likeness (QED) is 0.230. The van der Waals surface area contributed by atoms with Gasteiger partial charge in [0, 0.05) is 16.5 Å². The number of para-hydroxylation sites is 1. The molecule has 0 radical (unpaired) electrons. The Bertz CT molecular complexity index is 1180. The van der Waals surface area contributed by atoms with Crippen LogP contribution in [-0.2, 0) is 0 Å². The van der Waals surface area contributed by atoms with Crippen molar-refractivity contribution in [3.05, 3.63) is 90.0 Å². The number of hydrogen-bond acceptors (Lipinski definition) is 0. The molecule has 5 rings (SSSR count). The van der Waals surface area contributed by atoms with E-state index in [1.54, 1.807) is 5.45 Å². The largest absolute Gasteiger partial charge is 0.212 e. The summed E-state index contributed by atoms with van der Waals surface area (Å²) < 4.78 is 2.88. The first-order chi connectivity index (χ1) is 17.8. The summed E-state index contributed by atoms with van der Waals surface area (Å²) in [4.78, 5) is 0. The third-order valence-corrected chi connectivity index (χ3v) is 11.8. The molecular formula is C35H45NP+. The van der Waals surface area contributed by atoms with Crippen LogP contribution in [-0.4, -0.2) is 16.6 Å². The lowest BCUT2D eigenvalue weighted by atomic mass is 9.60. The molecule has 3 aromatic carbocycles. The standard InChI is InChI=1S/C35H45NP/c1-26(2)30-21-16-22-31(27(3)4)32(30)36-25-34(5,6)35(23-14-9-15-24-35)33(36)37(28-17-10-7-11-18-28)29-19-12-8-13-20-29/h7-8,10-13,16-22,26-27H,9,14-15,23-25H2,1-6H3/q+1. The second-order valence-corrected chi connectivity index (χ2v) is 14.7. The maximum absolute atomic E-state index is 2.88. The number of nitrogens with zero attached hydrogens (tertiary/aromatic N) is 1. The van der Waals surface area contributed by atoms with Crippen molar-refractivity contribution < 1.29 is 4.58 Å². The minimum atomic E-state index is -0.665. The molecule has 1 spiro atoms. The summed E-state index contributed by atoms with van der Waals surface area (Å²) in [5, 5.41) is 2.97. The molecule has 1 aliphatic heterocycles. The Morgan fingerprint density at radius 2 is 1.14 bits per heavy atom. The third-order valence-electron chi connectivity index (χ3n) is 9.09. The summed E-state index contributed by atoms with van der Waals surface area (Å²) in [6.07, 6.45) is 6.68. The lowest BCUT2D eigenvalue weighted by Gasteiger charge is -2.43. The molecule has 1 aliphatic carbocycles. The molecule has 0 bridgehead atoms. The maximum atomic E-state index is 2.88. The van der Waals surface area contributed by atoms with Crippen LogP contribution in [0.15, 0.2) is 78.9 Å². The molecule has 1 heterocycles. The van der Waals surface area contributed by atoms with E-state index in [9.17, 15) is 0 Å². The van der Waals surface area contributed by atoms with Gasteiger partial charge in [-0.15, -0.1) is 0 Å². The summed E-state index contributed by atoms with van der Waals surface area (Å²) in [6, 6.07) is 30.0. The highest BCUT2D eigenvalue weighted by molar-refractivity contribution is 7.88. The van der Waals surface area contributed by atoms with Crippen molar-refractivity contribution in [1.29, 1.82) is 0 Å². The lowest BCUT2D eigenvalue weighted by Crippen LogP contribution is -2.44. The topological polar surface area (TPSA) is 3.01 Å². The minimum absolute atomic E-state index is 0.214. The molecule has 1 fully saturated rings. The molecular weight excluding hydrogens is 465 g/mol. The van der Waals surface area contributed by atoms with Crippen LogP contribution in [0.2, 0.25) is 0 Å². The molecule has 37 heavy (non-hydrogen) atoms. The van der Waals surface area contributed by atoms with E-state index in [1.807, 2.05) is 0 Å². The van der Waals surface area contributed by atoms with Gasteiger partial charge in [-0.05, 0) is 35.3 Å². The average molecular weight is 511 g/mol. The van der Waals surface area contributed by atoms with Crippen molar-refractivity contribution in [3.8, 4) is 0 Å². The highest BCUT2D eigenvalue weighted by Gasteiger charge is 2.62. The molecule has 0 aromatic heterocycles. The van der Waals surface area contributed by atoms with Crippen LogP contribution in [0.25, 0.3) is 0 Å². The molecule has 0 N–H and O–H groups in total. The van der Waals surface area contributed by atoms with Crippen LogP contribution in [0.3, 0.4) is 0 Å². The average Bonchev–Trinajstić information content (AvgIpc) is 3.11. The van der Waals surface area contributed by atoms with Gasteiger partial charge in [0.25, 0.3) is 0 Å². The van der Waals surface area contributed by atoms with Crippen LogP contribution < -0.4 is 10.6 Å². The Morgan fingerprint density at radius 3 is 1.59 bits per heavy atom. The van der Waals surface area contributed by atoms with E-state index in [0.29, 0.717) is 11.8 Å². The number of benzene rings is 3. The minimum Gasteiger partial charge on any atom is -0.194 e. The van der Waals surface area contributed by atoms with E-state index in [-0.39, 0.29) is 10.8 Å². The SMILES string of the molecule is CC(C)c1cccc(C(C)C)c1[N+]1=C(P(c2ccccc2)c2ccccc2)C2(CCCCC2)C(C)(C)C1. The zero-order chi connectivity index (χ0) is 26.2. The van der Waals surface area contributed by atoms with Gasteiger partial charge in [0.05, 0.1) is 13.3 Å². The van der Waals surface area contributed by atoms with Crippen LogP contribution in [0.1, 0.15) is 96.6 Å². The highest BCUT2D eigenvalue weighted by atomic mass is 31.1. The fourth-order valence-electron chi connectivity index (χ4n) is 7.13. The van der Waals surface area contributed by atoms with Crippen molar-refractivity contribution in [3.63, 3.8) is 0 Å². The molecule has 3 aromatic rings. The monoisotopic (exact) mass is 510 g/mol. The summed E-state index contributed by atoms with van der Waals surface area (Å²) in [5.41, 5.74) is 6.68. The van der Waals surface area contributed by atoms with E-state index in [1.165, 1.54) is 59.5 Å². The van der Waals surface area contributed by atoms with E-state index in [0.717, 1.165) is 6.54 Å². The van der Waals surface area contributed by atoms with Crippen LogP contribution in [0.5, 0.6) is 0 Å². The van der Waals surface area contributed by atoms with Gasteiger partial charge < -0.3 is 0 Å². The molecule has 0 atom stereocenters. The maximum Gasteiger partial charge on any atom is 0.212 e. The molecule has 0 unspecified atom stereocenters. The summed E-state index contributed by atoms with van der Waals surface area (Å²) >= 11 is 0. The number of hydrogen-bond donors (Lipinski definition) is 0. The highest BCUT2D eigenvalue weighted by Crippen LogP contribution is 2.62. The van der Waals surface area contributed by atoms with Gasteiger partial charge in [-0.2, -0.15) is 4.58 Å². The zero-order valence-corrected chi connectivity index (χ0v) is 24.7. The normalized spacial score (nSPS) is 18.9. The molecule has 2 heteroatoms. The van der Waals surface area contributed by atoms with E-state index in [4.69, 9.17) is 0 Å². The molecule has 194 valence electrons. The Labute approximate surface area is 226 Å². The zero-order valence-electron chi connectivity index (χ0n) is 23.8. The molecule has 0 saturated heterocycles. The first-order valence-corrected chi connectivity index (χ1v) is 15.8. The Morgan fingerprint density at radius 1 is 0.649 bits per heavy atom. The van der Waals surface area contributed by atoms with Gasteiger partial charge in [0.15, 0.2) is 12.0 Å². The fourth-order valence-corrected chi connectivity index (χ4v) is 10.2. The summed E-state index contributed by atoms with van der Waals surface area (Å²) in [6.45, 7) is 15.7. The van der Waals surface area contributed by atoms with E-state index in [2.05, 4.69) is 125 Å². The second-order valence-electron chi connectivity index (χ2n) is 12.5. The van der Waals surface area contributed by atoms with Crippen LogP contribution in [0.4, 0.5) is 5.69 Å². The third kappa shape index (κ3) is 4.63. The van der Waals surface area contributed by atoms with Crippen molar-refractivity contribution in [2.75, 3.05) is 6.54 Å². The van der Waals surface area contributed by atoms with Crippen molar-refractivity contribution in [2.24, 2.45) is 10.8 Å². The second kappa shape index (κ2) is 10.5. The fraction of sp³-hybridized carbons (Fsp3) is 0.457. The lowest BCUT2D eigenvalue weighted by molar-refractivity contribution is -0.442. The molecule has 1 saturated carbocycles. The van der Waals surface area contributed by atoms with Gasteiger partial charge in [-0.1, -0.05) is 140 Å². The van der Waals surface area contributed by atoms with E-state index >= 15 is 0 Å². The summed E-state index contributed by atoms with van der Waals surface area (Å²) in [7, 11) is -0.665. The van der Waals surface area contributed by atoms with Gasteiger partial charge in [-0.3, -0.25) is 0 Å². The predicted molar refractivity (Wildman–Crippen MR) is 163 cm³/mol. The van der Waals surface area contributed by atoms with Crippen molar-refractivity contribution in [2.45, 2.75) is 85.5 Å². The van der Waals surface area contributed by atoms with Crippen molar-refractivity contribution >= 4 is 29.7 Å². The predicted octanol–water partition coefficient (Wildman–Crippen LogP) is 9.10. The first-order valence-electron chi connectivity index (χ1n) is 14.4. The summed E-state index contributed by atoms with van der Waals surface area (Å²) in [5.74, 6) is 0.973. The Balaban J connectivity index is 1.91. The smallest absolute Gasteiger partial charge is 0.194 e. The Hall–Kier alpha value is -2.24. The van der Waals surface area contributed by atoms with Gasteiger partial charge in [0.1, 0.15) is 0 Å².